The molecule has 10 heteroatoms. The van der Waals surface area contributed by atoms with Crippen molar-refractivity contribution in [3.05, 3.63) is 23.8 Å². The highest BCUT2D eigenvalue weighted by Crippen LogP contribution is 2.25. The number of halogens is 1. The number of amides is 3. The van der Waals surface area contributed by atoms with Gasteiger partial charge in [0.05, 0.1) is 5.56 Å². The molecule has 0 saturated carbocycles. The van der Waals surface area contributed by atoms with Crippen LogP contribution < -0.4 is 10.9 Å². The van der Waals surface area contributed by atoms with Crippen LogP contribution in [0.4, 0.5) is 4.79 Å². The SMILES string of the molecule is CC(C)(C)OC(=O)N1CCC(c2ncc(C(=O)NNC(=O)CCl)cn2)C1. The van der Waals surface area contributed by atoms with Gasteiger partial charge in [0.15, 0.2) is 0 Å². The number of nitrogens with zero attached hydrogens (tertiary/aromatic N) is 3. The summed E-state index contributed by atoms with van der Waals surface area (Å²) in [6, 6.07) is 0. The predicted molar refractivity (Wildman–Crippen MR) is 93.5 cm³/mol. The fraction of sp³-hybridized carbons (Fsp3) is 0.562. The number of ether oxygens (including phenoxy) is 1. The summed E-state index contributed by atoms with van der Waals surface area (Å²) in [7, 11) is 0. The van der Waals surface area contributed by atoms with Crippen molar-refractivity contribution >= 4 is 29.5 Å². The molecule has 1 aliphatic heterocycles. The van der Waals surface area contributed by atoms with Gasteiger partial charge in [0, 0.05) is 31.4 Å². The summed E-state index contributed by atoms with van der Waals surface area (Å²) in [5, 5.41) is 0. The van der Waals surface area contributed by atoms with Gasteiger partial charge in [-0.05, 0) is 27.2 Å². The molecule has 3 amide bonds. The molecule has 26 heavy (non-hydrogen) atoms. The Morgan fingerprint density at radius 3 is 2.50 bits per heavy atom. The van der Waals surface area contributed by atoms with E-state index in [9.17, 15) is 14.4 Å². The van der Waals surface area contributed by atoms with Gasteiger partial charge in [0.2, 0.25) is 0 Å². The molecule has 2 N–H and O–H groups in total. The van der Waals surface area contributed by atoms with Gasteiger partial charge >= 0.3 is 6.09 Å². The molecule has 2 rings (SSSR count). The minimum atomic E-state index is -0.545. The Bertz CT molecular complexity index is 674. The maximum Gasteiger partial charge on any atom is 0.410 e. The van der Waals surface area contributed by atoms with Crippen molar-refractivity contribution in [2.24, 2.45) is 0 Å². The highest BCUT2D eigenvalue weighted by molar-refractivity contribution is 6.27. The zero-order valence-electron chi connectivity index (χ0n) is 14.9. The predicted octanol–water partition coefficient (Wildman–Crippen LogP) is 1.20. The third-order valence-corrected chi connectivity index (χ3v) is 3.82. The van der Waals surface area contributed by atoms with Gasteiger partial charge < -0.3 is 9.64 Å². The number of hydrazine groups is 1. The number of carbonyl (C=O) groups excluding carboxylic acids is 3. The van der Waals surface area contributed by atoms with E-state index in [2.05, 4.69) is 20.8 Å². The molecular formula is C16H22ClN5O4. The van der Waals surface area contributed by atoms with E-state index in [1.54, 1.807) is 4.90 Å². The normalized spacial score (nSPS) is 16.9. The molecule has 1 aromatic rings. The molecule has 9 nitrogen and oxygen atoms in total. The minimum Gasteiger partial charge on any atom is -0.444 e. The van der Waals surface area contributed by atoms with Gasteiger partial charge in [-0.15, -0.1) is 11.6 Å². The molecule has 1 unspecified atom stereocenters. The molecule has 1 fully saturated rings. The Morgan fingerprint density at radius 2 is 1.92 bits per heavy atom. The van der Waals surface area contributed by atoms with Crippen LogP contribution in [0.25, 0.3) is 0 Å². The molecule has 142 valence electrons. The van der Waals surface area contributed by atoms with Crippen LogP contribution in [0.15, 0.2) is 12.4 Å². The summed E-state index contributed by atoms with van der Waals surface area (Å²) in [6.45, 7) is 6.49. The van der Waals surface area contributed by atoms with E-state index < -0.39 is 17.4 Å². The average Bonchev–Trinajstić information content (AvgIpc) is 3.08. The fourth-order valence-electron chi connectivity index (χ4n) is 2.36. The number of hydrogen-bond donors (Lipinski definition) is 2. The van der Waals surface area contributed by atoms with Crippen LogP contribution >= 0.6 is 11.6 Å². The van der Waals surface area contributed by atoms with Gasteiger partial charge in [-0.3, -0.25) is 20.4 Å². The van der Waals surface area contributed by atoms with Crippen molar-refractivity contribution in [2.75, 3.05) is 19.0 Å². The third kappa shape index (κ3) is 5.55. The lowest BCUT2D eigenvalue weighted by Gasteiger charge is -2.24. The molecule has 2 heterocycles. The van der Waals surface area contributed by atoms with Crippen molar-refractivity contribution < 1.29 is 19.1 Å². The summed E-state index contributed by atoms with van der Waals surface area (Å²) >= 11 is 5.32. The van der Waals surface area contributed by atoms with Crippen LogP contribution in [0.1, 0.15) is 49.3 Å². The third-order valence-electron chi connectivity index (χ3n) is 3.58. The molecule has 1 saturated heterocycles. The van der Waals surface area contributed by atoms with Gasteiger partial charge in [0.25, 0.3) is 11.8 Å². The Hall–Kier alpha value is -2.42. The van der Waals surface area contributed by atoms with E-state index in [1.807, 2.05) is 20.8 Å². The summed E-state index contributed by atoms with van der Waals surface area (Å²) in [5.74, 6) is -0.790. The molecule has 0 aromatic carbocycles. The van der Waals surface area contributed by atoms with E-state index in [4.69, 9.17) is 16.3 Å². The molecule has 1 aromatic heterocycles. The molecule has 0 spiro atoms. The summed E-state index contributed by atoms with van der Waals surface area (Å²) in [4.78, 5) is 45.0. The largest absolute Gasteiger partial charge is 0.444 e. The molecular weight excluding hydrogens is 362 g/mol. The second-order valence-corrected chi connectivity index (χ2v) is 7.15. The number of alkyl halides is 1. The van der Waals surface area contributed by atoms with Gasteiger partial charge in [-0.1, -0.05) is 0 Å². The van der Waals surface area contributed by atoms with E-state index in [1.165, 1.54) is 12.4 Å². The van der Waals surface area contributed by atoms with Gasteiger partial charge in [-0.2, -0.15) is 0 Å². The van der Waals surface area contributed by atoms with Gasteiger partial charge in [-0.25, -0.2) is 14.8 Å². The first kappa shape index (κ1) is 19.9. The zero-order chi connectivity index (χ0) is 19.3. The fourth-order valence-corrected chi connectivity index (χ4v) is 2.43. The number of hydrogen-bond acceptors (Lipinski definition) is 6. The van der Waals surface area contributed by atoms with Crippen LogP contribution in [-0.2, 0) is 9.53 Å². The quantitative estimate of drug-likeness (QED) is 0.599. The second-order valence-electron chi connectivity index (χ2n) is 6.88. The number of aromatic nitrogens is 2. The average molecular weight is 384 g/mol. The van der Waals surface area contributed by atoms with E-state index >= 15 is 0 Å². The molecule has 0 radical (unpaired) electrons. The first-order valence-corrected chi connectivity index (χ1v) is 8.68. The van der Waals surface area contributed by atoms with Crippen LogP contribution in [0.5, 0.6) is 0 Å². The van der Waals surface area contributed by atoms with Crippen molar-refractivity contribution in [2.45, 2.75) is 38.7 Å². The molecule has 1 atom stereocenters. The van der Waals surface area contributed by atoms with E-state index in [-0.39, 0.29) is 23.5 Å². The second kappa shape index (κ2) is 8.31. The number of rotatable bonds is 3. The van der Waals surface area contributed by atoms with Crippen molar-refractivity contribution in [1.29, 1.82) is 0 Å². The van der Waals surface area contributed by atoms with E-state index in [0.29, 0.717) is 18.9 Å². The standard InChI is InChI=1S/C16H22ClN5O4/c1-16(2,3)26-15(25)22-5-4-10(9-22)13-18-7-11(8-19-13)14(24)21-20-12(23)6-17/h7-8,10H,4-6,9H2,1-3H3,(H,20,23)(H,21,24). The highest BCUT2D eigenvalue weighted by atomic mass is 35.5. The number of nitrogens with one attached hydrogen (secondary N) is 2. The Labute approximate surface area is 156 Å². The Kier molecular flexibility index (Phi) is 6.36. The smallest absolute Gasteiger partial charge is 0.410 e. The lowest BCUT2D eigenvalue weighted by molar-refractivity contribution is -0.119. The summed E-state index contributed by atoms with van der Waals surface area (Å²) in [6.07, 6.45) is 3.11. The molecule has 0 aliphatic carbocycles. The van der Waals surface area contributed by atoms with Crippen LogP contribution in [0.2, 0.25) is 0 Å². The number of carbonyl (C=O) groups is 3. The van der Waals surface area contributed by atoms with Crippen LogP contribution in [0.3, 0.4) is 0 Å². The number of likely N-dealkylation sites (tertiary alicyclic amines) is 1. The van der Waals surface area contributed by atoms with Crippen molar-refractivity contribution in [3.8, 4) is 0 Å². The summed E-state index contributed by atoms with van der Waals surface area (Å²) < 4.78 is 5.36. The van der Waals surface area contributed by atoms with Crippen LogP contribution in [0, 0.1) is 0 Å². The Balaban J connectivity index is 1.92. The summed E-state index contributed by atoms with van der Waals surface area (Å²) in [5.41, 5.74) is 4.02. The van der Waals surface area contributed by atoms with Gasteiger partial charge in [0.1, 0.15) is 17.3 Å². The monoisotopic (exact) mass is 383 g/mol. The first-order valence-electron chi connectivity index (χ1n) is 8.14. The Morgan fingerprint density at radius 1 is 1.27 bits per heavy atom. The highest BCUT2D eigenvalue weighted by Gasteiger charge is 2.31. The van der Waals surface area contributed by atoms with Crippen LogP contribution in [-0.4, -0.2) is 57.3 Å². The first-order chi connectivity index (χ1) is 12.2. The van der Waals surface area contributed by atoms with Crippen molar-refractivity contribution in [1.82, 2.24) is 25.7 Å². The molecule has 0 bridgehead atoms. The zero-order valence-corrected chi connectivity index (χ0v) is 15.7. The topological polar surface area (TPSA) is 114 Å². The lowest BCUT2D eigenvalue weighted by Crippen LogP contribution is -2.42. The minimum absolute atomic E-state index is 0.0180. The lowest BCUT2D eigenvalue weighted by atomic mass is 10.1. The maximum atomic E-state index is 12.1. The van der Waals surface area contributed by atoms with E-state index in [0.717, 1.165) is 6.42 Å². The maximum absolute atomic E-state index is 12.1. The molecule has 1 aliphatic rings. The van der Waals surface area contributed by atoms with Crippen molar-refractivity contribution in [3.63, 3.8) is 0 Å².